The molecular weight excluding hydrogens is 368 g/mol. The van der Waals surface area contributed by atoms with E-state index in [9.17, 15) is 9.90 Å². The van der Waals surface area contributed by atoms with Crippen LogP contribution in [0.4, 0.5) is 0 Å². The van der Waals surface area contributed by atoms with Crippen LogP contribution in [-0.4, -0.2) is 10.9 Å². The Morgan fingerprint density at radius 2 is 1.61 bits per heavy atom. The number of benzene rings is 2. The molecule has 4 bridgehead atoms. The minimum Gasteiger partial charge on any atom is -0.508 e. The van der Waals surface area contributed by atoms with E-state index in [4.69, 9.17) is 11.6 Å². The van der Waals surface area contributed by atoms with Crippen molar-refractivity contribution in [1.29, 1.82) is 0 Å². The Morgan fingerprint density at radius 1 is 0.964 bits per heavy atom. The molecule has 6 rings (SSSR count). The van der Waals surface area contributed by atoms with Gasteiger partial charge in [0, 0.05) is 10.4 Å². The fourth-order valence-electron chi connectivity index (χ4n) is 6.63. The van der Waals surface area contributed by atoms with E-state index in [0.29, 0.717) is 11.8 Å². The number of rotatable bonds is 4. The van der Waals surface area contributed by atoms with Crippen LogP contribution >= 0.6 is 11.6 Å². The summed E-state index contributed by atoms with van der Waals surface area (Å²) in [4.78, 5) is 13.4. The van der Waals surface area contributed by atoms with Crippen LogP contribution in [0.25, 0.3) is 6.08 Å². The smallest absolute Gasteiger partial charge is 0.161 e. The van der Waals surface area contributed by atoms with E-state index in [-0.39, 0.29) is 22.4 Å². The summed E-state index contributed by atoms with van der Waals surface area (Å²) in [6.45, 7) is 0. The zero-order valence-corrected chi connectivity index (χ0v) is 16.7. The second kappa shape index (κ2) is 6.49. The van der Waals surface area contributed by atoms with Gasteiger partial charge in [-0.1, -0.05) is 41.9 Å². The summed E-state index contributed by atoms with van der Waals surface area (Å²) in [7, 11) is 0. The number of carbonyl (C=O) groups excluding carboxylic acids is 1. The van der Waals surface area contributed by atoms with Crippen molar-refractivity contribution in [3.63, 3.8) is 0 Å². The number of phenolic OH excluding ortho intramolecular Hbond substituents is 1. The molecule has 2 aromatic rings. The highest BCUT2D eigenvalue weighted by Gasteiger charge is 2.60. The highest BCUT2D eigenvalue weighted by atomic mass is 35.5. The first-order valence-corrected chi connectivity index (χ1v) is 10.6. The van der Waals surface area contributed by atoms with Crippen LogP contribution in [-0.2, 0) is 10.2 Å². The van der Waals surface area contributed by atoms with E-state index in [1.807, 2.05) is 30.3 Å². The monoisotopic (exact) mass is 392 g/mol. The van der Waals surface area contributed by atoms with Gasteiger partial charge in [-0.25, -0.2) is 0 Å². The molecule has 4 aliphatic rings. The molecule has 0 spiro atoms. The number of hydrogen-bond acceptors (Lipinski definition) is 2. The van der Waals surface area contributed by atoms with Gasteiger partial charge in [-0.2, -0.15) is 0 Å². The van der Waals surface area contributed by atoms with Crippen LogP contribution in [0.5, 0.6) is 5.75 Å². The van der Waals surface area contributed by atoms with Crippen LogP contribution in [0.3, 0.4) is 0 Å². The van der Waals surface area contributed by atoms with Crippen molar-refractivity contribution >= 4 is 23.5 Å². The van der Waals surface area contributed by atoms with E-state index in [2.05, 4.69) is 12.1 Å². The van der Waals surface area contributed by atoms with Crippen LogP contribution in [0.2, 0.25) is 5.02 Å². The van der Waals surface area contributed by atoms with Crippen LogP contribution in [0.1, 0.15) is 49.7 Å². The molecule has 0 amide bonds. The van der Waals surface area contributed by atoms with Crippen LogP contribution in [0, 0.1) is 17.3 Å². The standard InChI is InChI=1S/C25H25ClO2/c26-21-6-4-20(5-7-21)24-12-18-11-19(13-24)15-25(14-18,16-24)23(28)10-3-17-1-8-22(27)9-2-17/h1-10,18-19,27H,11-16H2. The normalized spacial score (nSPS) is 33.5. The quantitative estimate of drug-likeness (QED) is 0.632. The lowest BCUT2D eigenvalue weighted by Gasteiger charge is -2.61. The predicted molar refractivity (Wildman–Crippen MR) is 112 cm³/mol. The third kappa shape index (κ3) is 2.99. The van der Waals surface area contributed by atoms with Crippen molar-refractivity contribution in [3.8, 4) is 5.75 Å². The molecule has 144 valence electrons. The Labute approximate surface area is 171 Å². The molecule has 0 radical (unpaired) electrons. The lowest BCUT2D eigenvalue weighted by molar-refractivity contribution is -0.141. The molecule has 0 heterocycles. The van der Waals surface area contributed by atoms with E-state index in [1.54, 1.807) is 18.2 Å². The molecule has 4 fully saturated rings. The zero-order valence-electron chi connectivity index (χ0n) is 15.9. The number of halogens is 1. The maximum atomic E-state index is 13.4. The zero-order chi connectivity index (χ0) is 19.4. The van der Waals surface area contributed by atoms with Gasteiger partial charge in [0.25, 0.3) is 0 Å². The molecule has 4 aliphatic carbocycles. The van der Waals surface area contributed by atoms with Crippen molar-refractivity contribution < 1.29 is 9.90 Å². The summed E-state index contributed by atoms with van der Waals surface area (Å²) in [6.07, 6.45) is 10.4. The summed E-state index contributed by atoms with van der Waals surface area (Å²) in [6, 6.07) is 15.3. The first-order chi connectivity index (χ1) is 13.5. The molecule has 4 saturated carbocycles. The minimum atomic E-state index is -0.211. The van der Waals surface area contributed by atoms with Gasteiger partial charge in [0.05, 0.1) is 0 Å². The number of hydrogen-bond donors (Lipinski definition) is 1. The molecule has 3 heteroatoms. The van der Waals surface area contributed by atoms with Gasteiger partial charge in [0.1, 0.15) is 5.75 Å². The van der Waals surface area contributed by atoms with Crippen molar-refractivity contribution in [2.24, 2.45) is 17.3 Å². The molecule has 0 aliphatic heterocycles. The highest BCUT2D eigenvalue weighted by molar-refractivity contribution is 6.30. The van der Waals surface area contributed by atoms with Crippen LogP contribution < -0.4 is 0 Å². The minimum absolute atomic E-state index is 0.136. The molecule has 0 saturated heterocycles. The SMILES string of the molecule is O=C(C=Cc1ccc(O)cc1)C12CC3CC(C1)CC(c1ccc(Cl)cc1)(C3)C2. The highest BCUT2D eigenvalue weighted by Crippen LogP contribution is 2.66. The number of ketones is 1. The van der Waals surface area contributed by atoms with Crippen molar-refractivity contribution in [2.75, 3.05) is 0 Å². The number of phenols is 1. The molecule has 2 unspecified atom stereocenters. The Hall–Kier alpha value is -2.06. The molecule has 28 heavy (non-hydrogen) atoms. The summed E-state index contributed by atoms with van der Waals surface area (Å²) >= 11 is 6.13. The first-order valence-electron chi connectivity index (χ1n) is 10.2. The molecule has 1 N–H and O–H groups in total. The summed E-state index contributed by atoms with van der Waals surface area (Å²) in [5.41, 5.74) is 2.24. The van der Waals surface area contributed by atoms with Crippen molar-refractivity contribution in [1.82, 2.24) is 0 Å². The second-order valence-corrected chi connectivity index (χ2v) is 9.75. The third-order valence-corrected chi connectivity index (χ3v) is 7.61. The Bertz CT molecular complexity index is 912. The topological polar surface area (TPSA) is 37.3 Å². The van der Waals surface area contributed by atoms with Gasteiger partial charge in [0.15, 0.2) is 5.78 Å². The number of aromatic hydroxyl groups is 1. The van der Waals surface area contributed by atoms with E-state index in [1.165, 1.54) is 24.8 Å². The Morgan fingerprint density at radius 3 is 2.25 bits per heavy atom. The molecular formula is C25H25ClO2. The number of carbonyl (C=O) groups is 1. The molecule has 2 nitrogen and oxygen atoms in total. The average molecular weight is 393 g/mol. The molecule has 2 aromatic carbocycles. The lowest BCUT2D eigenvalue weighted by atomic mass is 9.42. The van der Waals surface area contributed by atoms with Gasteiger partial charge in [-0.3, -0.25) is 4.79 Å². The van der Waals surface area contributed by atoms with E-state index >= 15 is 0 Å². The Kier molecular flexibility index (Phi) is 4.17. The summed E-state index contributed by atoms with van der Waals surface area (Å²) in [5.74, 6) is 1.84. The largest absolute Gasteiger partial charge is 0.508 e. The first kappa shape index (κ1) is 18.0. The van der Waals surface area contributed by atoms with E-state index < -0.39 is 0 Å². The van der Waals surface area contributed by atoms with E-state index in [0.717, 1.165) is 29.8 Å². The predicted octanol–water partition coefficient (Wildman–Crippen LogP) is 6.17. The maximum absolute atomic E-state index is 13.4. The molecule has 2 atom stereocenters. The summed E-state index contributed by atoms with van der Waals surface area (Å²) < 4.78 is 0. The Balaban J connectivity index is 1.45. The van der Waals surface area contributed by atoms with Gasteiger partial charge < -0.3 is 5.11 Å². The molecule has 0 aromatic heterocycles. The van der Waals surface area contributed by atoms with Gasteiger partial charge in [0.2, 0.25) is 0 Å². The lowest BCUT2D eigenvalue weighted by Crippen LogP contribution is -2.56. The van der Waals surface area contributed by atoms with Crippen LogP contribution in [0.15, 0.2) is 54.6 Å². The maximum Gasteiger partial charge on any atom is 0.161 e. The second-order valence-electron chi connectivity index (χ2n) is 9.32. The van der Waals surface area contributed by atoms with Gasteiger partial charge >= 0.3 is 0 Å². The van der Waals surface area contributed by atoms with Gasteiger partial charge in [-0.05, 0) is 97.2 Å². The average Bonchev–Trinajstić information content (AvgIpc) is 2.66. The van der Waals surface area contributed by atoms with Gasteiger partial charge in [-0.15, -0.1) is 0 Å². The van der Waals surface area contributed by atoms with Crippen molar-refractivity contribution in [2.45, 2.75) is 43.9 Å². The fourth-order valence-corrected chi connectivity index (χ4v) is 6.75. The third-order valence-electron chi connectivity index (χ3n) is 7.36. The fraction of sp³-hybridized carbons (Fsp3) is 0.400. The van der Waals surface area contributed by atoms with Crippen molar-refractivity contribution in [3.05, 3.63) is 70.8 Å². The number of allylic oxidation sites excluding steroid dienone is 1. The summed E-state index contributed by atoms with van der Waals surface area (Å²) in [5, 5.41) is 10.2.